The number of nitrogens with zero attached hydrogens (tertiary/aromatic N) is 1. The smallest absolute Gasteiger partial charge is 0.870 e. The van der Waals surface area contributed by atoms with Crippen molar-refractivity contribution in [2.45, 2.75) is 70.9 Å². The van der Waals surface area contributed by atoms with Gasteiger partial charge in [0.2, 0.25) is 0 Å². The third-order valence-electron chi connectivity index (χ3n) is 5.72. The summed E-state index contributed by atoms with van der Waals surface area (Å²) >= 11 is 3.13. The fourth-order valence-electron chi connectivity index (χ4n) is 3.44. The molecule has 0 bridgehead atoms. The first-order valence-corrected chi connectivity index (χ1v) is 14.6. The first kappa shape index (κ1) is 48.2. The molecule has 7 nitrogen and oxygen atoms in total. The maximum Gasteiger partial charge on any atom is 1.00 e. The first-order valence-electron chi connectivity index (χ1n) is 13.5. The molecule has 0 aliphatic carbocycles. The molecule has 3 rings (SSSR count). The van der Waals surface area contributed by atoms with Crippen LogP contribution in [0.4, 0.5) is 0 Å². The fraction of sp³-hybridized carbons (Fsp3) is 0.424. The summed E-state index contributed by atoms with van der Waals surface area (Å²) in [6.07, 6.45) is 10.5. The van der Waals surface area contributed by atoms with Gasteiger partial charge >= 0.3 is 68.9 Å². The minimum atomic E-state index is -0.802. The molecule has 1 aliphatic rings. The van der Waals surface area contributed by atoms with E-state index in [1.165, 1.54) is 19.8 Å². The summed E-state index contributed by atoms with van der Waals surface area (Å²) in [6.45, 7) is 14.2. The number of Topliss-reactive ketones (excluding diaryl/α,β-unsaturated/α-hetero) is 2. The summed E-state index contributed by atoms with van der Waals surface area (Å²) in [5, 5.41) is 0.896. The van der Waals surface area contributed by atoms with E-state index in [0.29, 0.717) is 19.3 Å². The fourth-order valence-corrected chi connectivity index (χ4v) is 3.44. The maximum absolute atomic E-state index is 11.5. The van der Waals surface area contributed by atoms with Gasteiger partial charge in [-0.05, 0) is 63.3 Å². The van der Waals surface area contributed by atoms with Gasteiger partial charge in [0.25, 0.3) is 0 Å². The molecule has 9 heteroatoms. The van der Waals surface area contributed by atoms with Gasteiger partial charge in [-0.1, -0.05) is 95.7 Å². The number of halogens is 1. The van der Waals surface area contributed by atoms with Gasteiger partial charge in [0.1, 0.15) is 11.8 Å². The zero-order chi connectivity index (χ0) is 29.4. The van der Waals surface area contributed by atoms with E-state index < -0.39 is 5.54 Å². The summed E-state index contributed by atoms with van der Waals surface area (Å²) in [5.74, 6) is 0.134. The quantitative estimate of drug-likeness (QED) is 0.213. The molecule has 42 heavy (non-hydrogen) atoms. The van der Waals surface area contributed by atoms with E-state index in [4.69, 9.17) is 10.5 Å². The Morgan fingerprint density at radius 1 is 1.00 bits per heavy atom. The van der Waals surface area contributed by atoms with Crippen LogP contribution in [0.1, 0.15) is 57.6 Å². The molecule has 230 valence electrons. The molecule has 0 spiro atoms. The van der Waals surface area contributed by atoms with Crippen molar-refractivity contribution in [3.63, 3.8) is 0 Å². The molecule has 2 atom stereocenters. The number of ketones is 2. The number of allylic oxidation sites excluding steroid dienone is 1. The predicted molar refractivity (Wildman–Crippen MR) is 176 cm³/mol. The molecule has 1 fully saturated rings. The van der Waals surface area contributed by atoms with Gasteiger partial charge in [-0.2, -0.15) is 0 Å². The van der Waals surface area contributed by atoms with Crippen LogP contribution in [0.25, 0.3) is 0 Å². The Hall–Kier alpha value is -0.698. The molecule has 0 saturated carbocycles. The van der Waals surface area contributed by atoms with Crippen LogP contribution in [0.2, 0.25) is 0 Å². The number of carbonyl (C=O) groups excluding carboxylic acids is 2. The molecular weight excluding hydrogens is 717 g/mol. The predicted octanol–water partition coefficient (Wildman–Crippen LogP) is 3.13. The Bertz CT molecular complexity index is 965. The van der Waals surface area contributed by atoms with Gasteiger partial charge in [0, 0.05) is 25.0 Å². The van der Waals surface area contributed by atoms with E-state index >= 15 is 0 Å². The second kappa shape index (κ2) is 31.7. The van der Waals surface area contributed by atoms with Gasteiger partial charge < -0.3 is 21.4 Å². The Morgan fingerprint density at radius 3 is 1.81 bits per heavy atom. The second-order valence-corrected chi connectivity index (χ2v) is 9.83. The number of rotatable bonds is 11. The summed E-state index contributed by atoms with van der Waals surface area (Å²) < 4.78 is 4.94. The van der Waals surface area contributed by atoms with Crippen molar-refractivity contribution in [3.8, 4) is 0 Å². The molecule has 1 saturated heterocycles. The molecule has 0 aromatic heterocycles. The van der Waals surface area contributed by atoms with Gasteiger partial charge in [-0.15, -0.1) is 13.2 Å². The van der Waals surface area contributed by atoms with Crippen molar-refractivity contribution in [1.29, 1.82) is 0 Å². The SMILES string of the molecule is C1CCOC1.C=CCBr.C=CC[C@](N)(Cc1ccccc1)C(C)=O.CCC=NC(Cc1ccccc1)C(C)=O.O.[Cs+].[OH-]. The molecule has 5 N–H and O–H groups in total. The van der Waals surface area contributed by atoms with E-state index in [2.05, 4.69) is 34.1 Å². The zero-order valence-electron chi connectivity index (χ0n) is 25.9. The largest absolute Gasteiger partial charge is 1.00 e. The minimum Gasteiger partial charge on any atom is -0.870 e. The molecule has 1 unspecified atom stereocenters. The van der Waals surface area contributed by atoms with Gasteiger partial charge in [-0.3, -0.25) is 14.6 Å². The van der Waals surface area contributed by atoms with Crippen molar-refractivity contribution >= 4 is 33.7 Å². The van der Waals surface area contributed by atoms with E-state index in [1.807, 2.05) is 73.8 Å². The van der Waals surface area contributed by atoms with Gasteiger partial charge in [0.15, 0.2) is 5.78 Å². The van der Waals surface area contributed by atoms with Crippen molar-refractivity contribution < 1.29 is 94.2 Å². The summed E-state index contributed by atoms with van der Waals surface area (Å²) in [7, 11) is 0. The van der Waals surface area contributed by atoms with Crippen LogP contribution in [0, 0.1) is 0 Å². The number of alkyl halides is 1. The average Bonchev–Trinajstić information content (AvgIpc) is 3.53. The van der Waals surface area contributed by atoms with Crippen LogP contribution in [0.15, 0.2) is 91.0 Å². The van der Waals surface area contributed by atoms with Crippen LogP contribution < -0.4 is 74.6 Å². The van der Waals surface area contributed by atoms with Crippen molar-refractivity contribution in [2.75, 3.05) is 18.5 Å². The standard InChI is InChI=1S/2C13H17NO.C4H8O.C3H5Br.Cs.2H2O/c1-3-9-14-13(11(2)15)10-12-7-5-4-6-8-12;1-3-9-13(14,11(2)15)10-12-7-5-4-6-8-12;1-2-4-5-3-1;1-2-3-4;;;/h4-9,13H,3,10H2,1-2H3;3-8H,1,9-10,14H2,2H3;1-4H2;2H,1,3H2;;2*1H2/q;;;;+1;;/p-1/t;13-;;;;;/m.0...../s1. The van der Waals surface area contributed by atoms with Crippen LogP contribution in [-0.4, -0.2) is 58.9 Å². The molecule has 2 aromatic rings. The third kappa shape index (κ3) is 24.7. The number of ether oxygens (including phenoxy) is 1. The number of benzene rings is 2. The van der Waals surface area contributed by atoms with Crippen molar-refractivity contribution in [1.82, 2.24) is 0 Å². The van der Waals surface area contributed by atoms with Gasteiger partial charge in [-0.25, -0.2) is 0 Å². The van der Waals surface area contributed by atoms with Crippen LogP contribution in [0.5, 0.6) is 0 Å². The minimum absolute atomic E-state index is 0. The number of nitrogens with two attached hydrogens (primary N) is 1. The van der Waals surface area contributed by atoms with E-state index in [0.717, 1.165) is 36.1 Å². The Balaban J connectivity index is -0.000000252. The number of hydrogen-bond acceptors (Lipinski definition) is 6. The summed E-state index contributed by atoms with van der Waals surface area (Å²) in [5.41, 5.74) is 7.50. The number of carbonyl (C=O) groups is 2. The summed E-state index contributed by atoms with van der Waals surface area (Å²) in [6, 6.07) is 19.6. The van der Waals surface area contributed by atoms with E-state index in [1.54, 1.807) is 19.1 Å². The van der Waals surface area contributed by atoms with Crippen molar-refractivity contribution in [3.05, 3.63) is 97.1 Å². The maximum atomic E-state index is 11.5. The molecule has 2 aromatic carbocycles. The topological polar surface area (TPSA) is 143 Å². The molecule has 1 heterocycles. The Morgan fingerprint density at radius 2 is 1.48 bits per heavy atom. The van der Waals surface area contributed by atoms with E-state index in [9.17, 15) is 9.59 Å². The second-order valence-electron chi connectivity index (χ2n) is 9.19. The van der Waals surface area contributed by atoms with Crippen molar-refractivity contribution in [2.24, 2.45) is 10.7 Å². The Kier molecular flexibility index (Phi) is 36.4. The first-order chi connectivity index (χ1) is 18.7. The molecular formula is C33H50BrCsN2O5. The van der Waals surface area contributed by atoms with Crippen LogP contribution in [0.3, 0.4) is 0 Å². The van der Waals surface area contributed by atoms with Crippen LogP contribution >= 0.6 is 15.9 Å². The van der Waals surface area contributed by atoms with Gasteiger partial charge in [0.05, 0.1) is 5.54 Å². The monoisotopic (exact) mass is 766 g/mol. The normalized spacial score (nSPS) is 13.2. The van der Waals surface area contributed by atoms with E-state index in [-0.39, 0.29) is 97.5 Å². The number of hydrogen-bond donors (Lipinski definition) is 1. The summed E-state index contributed by atoms with van der Waals surface area (Å²) in [4.78, 5) is 27.1. The molecule has 0 radical (unpaired) electrons. The Labute approximate surface area is 321 Å². The van der Waals surface area contributed by atoms with Crippen LogP contribution in [-0.2, 0) is 27.2 Å². The third-order valence-corrected chi connectivity index (χ3v) is 6.18. The average molecular weight is 768 g/mol. The number of aliphatic imine (C=N–C) groups is 1. The molecule has 0 amide bonds. The molecule has 1 aliphatic heterocycles. The zero-order valence-corrected chi connectivity index (χ0v) is 33.8.